The average Bonchev–Trinajstić information content (AvgIpc) is 4.05. The molecule has 6 nitrogen and oxygen atoms in total. The zero-order chi connectivity index (χ0) is 42.8. The molecule has 0 radical (unpaired) electrons. The Kier molecular flexibility index (Phi) is 12.8. The Morgan fingerprint density at radius 1 is 0.639 bits per heavy atom. The van der Waals surface area contributed by atoms with E-state index in [0.717, 1.165) is 71.2 Å². The average molecular weight is 880 g/mol. The van der Waals surface area contributed by atoms with Crippen molar-refractivity contribution in [1.29, 1.82) is 0 Å². The molecule has 0 spiro atoms. The lowest BCUT2D eigenvalue weighted by Gasteiger charge is -2.18. The lowest BCUT2D eigenvalue weighted by Crippen LogP contribution is -2.09. The summed E-state index contributed by atoms with van der Waals surface area (Å²) in [7, 11) is 1.42. The predicted octanol–water partition coefficient (Wildman–Crippen LogP) is 12.5. The summed E-state index contributed by atoms with van der Waals surface area (Å²) >= 11 is 3.46. The van der Waals surface area contributed by atoms with Crippen molar-refractivity contribution in [2.75, 3.05) is 13.7 Å². The van der Waals surface area contributed by atoms with Crippen LogP contribution in [0.1, 0.15) is 111 Å². The Balaban J connectivity index is 0.000000147. The van der Waals surface area contributed by atoms with E-state index in [2.05, 4.69) is 116 Å². The van der Waals surface area contributed by atoms with Crippen molar-refractivity contribution in [3.63, 3.8) is 0 Å². The fourth-order valence-corrected chi connectivity index (χ4v) is 10.4. The van der Waals surface area contributed by atoms with Crippen LogP contribution in [-0.4, -0.2) is 29.9 Å². The summed E-state index contributed by atoms with van der Waals surface area (Å²) < 4.78 is 18.2. The van der Waals surface area contributed by atoms with Crippen molar-refractivity contribution in [1.82, 2.24) is 0 Å². The van der Waals surface area contributed by atoms with E-state index in [9.17, 15) is 15.0 Å². The van der Waals surface area contributed by atoms with Gasteiger partial charge in [0.25, 0.3) is 0 Å². The molecule has 0 saturated carbocycles. The molecule has 61 heavy (non-hydrogen) atoms. The van der Waals surface area contributed by atoms with Crippen molar-refractivity contribution >= 4 is 21.9 Å². The lowest BCUT2D eigenvalue weighted by atomic mass is 9.91. The minimum Gasteiger partial charge on any atom is -0.492 e. The number of benzene rings is 6. The molecule has 0 saturated heterocycles. The standard InChI is InChI=1S/C28H28O4.C17H18O.C9H9BrO/c1-17-6-4-7-18(2)28(17)24-9-5-8-23-22(24)12-13-25(23)32-20-10-11-21-19(14-27(29)30-3)16-31-26(21)15-20;1-11-5-3-6-12(2)17(11)15-8-4-7-14-13(15)9-10-16(14)18;10-8-3-1-2-7-6(8)4-5-9(7)11/h4-11,15,19,25H,12-14,16H2,1-3H3;3-8,16,18H,9-10H2,1-2H3;1-3,9,11H,4-5H2/t19-,25-;16-;9-/m100/s1. The molecule has 3 aliphatic carbocycles. The molecule has 10 rings (SSSR count). The Morgan fingerprint density at radius 2 is 1.15 bits per heavy atom. The first-order valence-corrected chi connectivity index (χ1v) is 22.3. The van der Waals surface area contributed by atoms with Crippen LogP contribution in [0.2, 0.25) is 0 Å². The Hall–Kier alpha value is -5.21. The van der Waals surface area contributed by atoms with E-state index < -0.39 is 0 Å². The number of aliphatic hydroxyl groups excluding tert-OH is 2. The number of rotatable bonds is 6. The molecule has 4 aliphatic rings. The first-order chi connectivity index (χ1) is 29.5. The van der Waals surface area contributed by atoms with Gasteiger partial charge in [0.1, 0.15) is 17.6 Å². The number of carbonyl (C=O) groups is 1. The fraction of sp³-hybridized carbons (Fsp3) is 0.315. The highest BCUT2D eigenvalue weighted by Gasteiger charge is 2.30. The van der Waals surface area contributed by atoms with Gasteiger partial charge in [-0.1, -0.05) is 107 Å². The largest absolute Gasteiger partial charge is 0.492 e. The molecule has 6 aromatic carbocycles. The van der Waals surface area contributed by atoms with Crippen LogP contribution in [0.3, 0.4) is 0 Å². The SMILES string of the molecule is COC(=O)C[C@@H]1COc2cc(O[C@@H]3CCc4c(-c5c(C)cccc5C)cccc43)ccc21.Cc1cccc(C)c1-c1cccc2c1CC[C@@H]2O.O[C@H]1CCc2c(Br)cccc21. The van der Waals surface area contributed by atoms with Gasteiger partial charge in [0.15, 0.2) is 0 Å². The highest BCUT2D eigenvalue weighted by Crippen LogP contribution is 2.44. The summed E-state index contributed by atoms with van der Waals surface area (Å²) in [6.07, 6.45) is 5.53. The third kappa shape index (κ3) is 8.79. The number of ether oxygens (including phenoxy) is 3. The van der Waals surface area contributed by atoms with Crippen molar-refractivity contribution in [2.45, 2.75) is 96.9 Å². The zero-order valence-electron chi connectivity index (χ0n) is 35.8. The van der Waals surface area contributed by atoms with Crippen LogP contribution in [0.15, 0.2) is 114 Å². The molecule has 314 valence electrons. The van der Waals surface area contributed by atoms with Crippen LogP contribution in [0, 0.1) is 27.7 Å². The molecule has 0 amide bonds. The predicted molar refractivity (Wildman–Crippen MR) is 246 cm³/mol. The van der Waals surface area contributed by atoms with Gasteiger partial charge < -0.3 is 24.4 Å². The van der Waals surface area contributed by atoms with Crippen LogP contribution in [0.5, 0.6) is 11.5 Å². The summed E-state index contributed by atoms with van der Waals surface area (Å²) in [4.78, 5) is 11.7. The molecule has 2 N–H and O–H groups in total. The third-order valence-electron chi connectivity index (χ3n) is 12.9. The van der Waals surface area contributed by atoms with Gasteiger partial charge >= 0.3 is 5.97 Å². The topological polar surface area (TPSA) is 85.2 Å². The highest BCUT2D eigenvalue weighted by molar-refractivity contribution is 9.10. The Morgan fingerprint density at radius 3 is 1.74 bits per heavy atom. The summed E-state index contributed by atoms with van der Waals surface area (Å²) in [5.74, 6) is 1.43. The van der Waals surface area contributed by atoms with Crippen LogP contribution in [0.4, 0.5) is 0 Å². The van der Waals surface area contributed by atoms with Crippen LogP contribution >= 0.6 is 15.9 Å². The van der Waals surface area contributed by atoms with Gasteiger partial charge in [-0.15, -0.1) is 0 Å². The maximum atomic E-state index is 11.7. The van der Waals surface area contributed by atoms with Crippen LogP contribution < -0.4 is 9.47 Å². The van der Waals surface area contributed by atoms with Gasteiger partial charge in [0.2, 0.25) is 0 Å². The van der Waals surface area contributed by atoms with Gasteiger partial charge in [-0.25, -0.2) is 0 Å². The Bertz CT molecular complexity index is 2540. The number of carbonyl (C=O) groups excluding carboxylic acids is 1. The van der Waals surface area contributed by atoms with E-state index in [1.165, 1.54) is 73.9 Å². The van der Waals surface area contributed by atoms with Crippen molar-refractivity contribution < 1.29 is 29.2 Å². The normalized spacial score (nSPS) is 19.0. The number of hydrogen-bond acceptors (Lipinski definition) is 6. The third-order valence-corrected chi connectivity index (χ3v) is 13.7. The molecule has 4 atom stereocenters. The van der Waals surface area contributed by atoms with Gasteiger partial charge in [-0.05, 0) is 156 Å². The van der Waals surface area contributed by atoms with E-state index in [0.29, 0.717) is 13.0 Å². The minimum atomic E-state index is -0.274. The molecule has 7 heteroatoms. The molecule has 0 unspecified atom stereocenters. The monoisotopic (exact) mass is 878 g/mol. The second-order valence-electron chi connectivity index (χ2n) is 16.8. The first-order valence-electron chi connectivity index (χ1n) is 21.5. The maximum absolute atomic E-state index is 11.7. The molecule has 6 aromatic rings. The number of methoxy groups -OCH3 is 1. The van der Waals surface area contributed by atoms with Gasteiger partial charge in [-0.3, -0.25) is 4.79 Å². The maximum Gasteiger partial charge on any atom is 0.306 e. The number of fused-ring (bicyclic) bond motifs is 4. The minimum absolute atomic E-state index is 0.0274. The van der Waals surface area contributed by atoms with E-state index in [1.54, 1.807) is 0 Å². The van der Waals surface area contributed by atoms with E-state index in [-0.39, 0.29) is 30.2 Å². The number of hydrogen-bond donors (Lipinski definition) is 2. The quantitative estimate of drug-likeness (QED) is 0.162. The molecule has 1 aliphatic heterocycles. The number of esters is 1. The molecule has 0 bridgehead atoms. The molecule has 0 fully saturated rings. The van der Waals surface area contributed by atoms with Gasteiger partial charge in [0.05, 0.1) is 32.3 Å². The first kappa shape index (κ1) is 42.5. The highest BCUT2D eigenvalue weighted by atomic mass is 79.9. The van der Waals surface area contributed by atoms with E-state index in [4.69, 9.17) is 14.2 Å². The summed E-state index contributed by atoms with van der Waals surface area (Å²) in [6, 6.07) is 37.8. The Labute approximate surface area is 368 Å². The van der Waals surface area contributed by atoms with Gasteiger partial charge in [0, 0.05) is 22.0 Å². The number of aliphatic hydroxyl groups is 2. The van der Waals surface area contributed by atoms with Crippen LogP contribution in [-0.2, 0) is 28.8 Å². The van der Waals surface area contributed by atoms with Gasteiger partial charge in [-0.2, -0.15) is 0 Å². The second-order valence-corrected chi connectivity index (χ2v) is 17.7. The summed E-state index contributed by atoms with van der Waals surface area (Å²) in [6.45, 7) is 9.19. The summed E-state index contributed by atoms with van der Waals surface area (Å²) in [5, 5.41) is 19.5. The smallest absolute Gasteiger partial charge is 0.306 e. The molecule has 1 heterocycles. The van der Waals surface area contributed by atoms with Crippen molar-refractivity contribution in [2.24, 2.45) is 0 Å². The zero-order valence-corrected chi connectivity index (χ0v) is 37.3. The molecule has 0 aromatic heterocycles. The van der Waals surface area contributed by atoms with Crippen molar-refractivity contribution in [3.05, 3.63) is 175 Å². The number of halogens is 1. The lowest BCUT2D eigenvalue weighted by molar-refractivity contribution is -0.141. The molecular formula is C54H55BrO6. The number of aryl methyl sites for hydroxylation is 4. The van der Waals surface area contributed by atoms with Crippen LogP contribution in [0.25, 0.3) is 22.3 Å². The molecular weight excluding hydrogens is 824 g/mol. The van der Waals surface area contributed by atoms with E-state index in [1.807, 2.05) is 36.4 Å². The fourth-order valence-electron chi connectivity index (χ4n) is 9.85. The summed E-state index contributed by atoms with van der Waals surface area (Å²) in [5.41, 5.74) is 19.1. The van der Waals surface area contributed by atoms with E-state index >= 15 is 0 Å². The second kappa shape index (κ2) is 18.4. The van der Waals surface area contributed by atoms with Crippen molar-refractivity contribution in [3.8, 4) is 33.8 Å².